The van der Waals surface area contributed by atoms with Gasteiger partial charge in [0.05, 0.1) is 0 Å². The first kappa shape index (κ1) is 16.2. The molecular formula is C17H17F3O2. The molecule has 22 heavy (non-hydrogen) atoms. The second-order valence-corrected chi connectivity index (χ2v) is 6.09. The van der Waals surface area contributed by atoms with Crippen LogP contribution in [0.4, 0.5) is 13.2 Å². The highest BCUT2D eigenvalue weighted by Gasteiger charge is 2.31. The molecule has 0 amide bonds. The molecule has 0 aliphatic heterocycles. The van der Waals surface area contributed by atoms with E-state index in [9.17, 15) is 18.3 Å². The number of rotatable bonds is 2. The molecular weight excluding hydrogens is 293 g/mol. The third-order valence-corrected chi connectivity index (χ3v) is 3.21. The molecule has 2 aromatic carbocycles. The van der Waals surface area contributed by atoms with Gasteiger partial charge >= 0.3 is 6.36 Å². The Bertz CT molecular complexity index is 653. The minimum atomic E-state index is -4.79. The van der Waals surface area contributed by atoms with Crippen LogP contribution in [-0.4, -0.2) is 11.5 Å². The van der Waals surface area contributed by atoms with Crippen LogP contribution in [0.1, 0.15) is 26.3 Å². The molecule has 1 N–H and O–H groups in total. The Balaban J connectivity index is 2.36. The lowest BCUT2D eigenvalue weighted by atomic mass is 9.86. The zero-order chi connectivity index (χ0) is 16.5. The molecule has 0 aromatic heterocycles. The van der Waals surface area contributed by atoms with Crippen LogP contribution in [0.15, 0.2) is 42.5 Å². The number of phenols is 1. The van der Waals surface area contributed by atoms with Crippen molar-refractivity contribution in [3.8, 4) is 22.6 Å². The maximum atomic E-state index is 12.3. The van der Waals surface area contributed by atoms with Crippen molar-refractivity contribution in [2.45, 2.75) is 32.5 Å². The predicted octanol–water partition coefficient (Wildman–Crippen LogP) is 5.26. The van der Waals surface area contributed by atoms with Crippen LogP contribution in [0.3, 0.4) is 0 Å². The zero-order valence-electron chi connectivity index (χ0n) is 12.5. The van der Waals surface area contributed by atoms with Gasteiger partial charge in [-0.05, 0) is 34.2 Å². The number of halogens is 3. The molecule has 0 saturated heterocycles. The Labute approximate surface area is 127 Å². The van der Waals surface area contributed by atoms with Crippen molar-refractivity contribution >= 4 is 0 Å². The van der Waals surface area contributed by atoms with Gasteiger partial charge in [0, 0.05) is 6.07 Å². The SMILES string of the molecule is CC(C)(C)c1ccc(-c2cc(O)cc(OC(F)(F)F)c2)cc1. The summed E-state index contributed by atoms with van der Waals surface area (Å²) in [4.78, 5) is 0. The van der Waals surface area contributed by atoms with Gasteiger partial charge in [-0.15, -0.1) is 13.2 Å². The van der Waals surface area contributed by atoms with E-state index in [-0.39, 0.29) is 11.2 Å². The average molecular weight is 310 g/mol. The molecule has 0 aliphatic carbocycles. The van der Waals surface area contributed by atoms with Gasteiger partial charge in [0.2, 0.25) is 0 Å². The van der Waals surface area contributed by atoms with E-state index in [1.165, 1.54) is 12.1 Å². The topological polar surface area (TPSA) is 29.5 Å². The molecule has 2 nitrogen and oxygen atoms in total. The average Bonchev–Trinajstić information content (AvgIpc) is 2.35. The Morgan fingerprint density at radius 3 is 1.95 bits per heavy atom. The molecule has 0 aliphatic rings. The predicted molar refractivity (Wildman–Crippen MR) is 78.9 cm³/mol. The summed E-state index contributed by atoms with van der Waals surface area (Å²) in [7, 11) is 0. The number of hydrogen-bond acceptors (Lipinski definition) is 2. The molecule has 0 radical (unpaired) electrons. The van der Waals surface area contributed by atoms with E-state index in [1.807, 2.05) is 24.3 Å². The van der Waals surface area contributed by atoms with Gasteiger partial charge in [0.25, 0.3) is 0 Å². The monoisotopic (exact) mass is 310 g/mol. The van der Waals surface area contributed by atoms with Crippen LogP contribution in [-0.2, 0) is 5.41 Å². The Hall–Kier alpha value is -2.17. The minimum Gasteiger partial charge on any atom is -0.508 e. The number of aromatic hydroxyl groups is 1. The van der Waals surface area contributed by atoms with Crippen molar-refractivity contribution in [1.82, 2.24) is 0 Å². The first-order chi connectivity index (χ1) is 10.0. The highest BCUT2D eigenvalue weighted by Crippen LogP contribution is 2.33. The number of phenolic OH excluding ortho intramolecular Hbond substituents is 1. The van der Waals surface area contributed by atoms with Gasteiger partial charge in [0.15, 0.2) is 0 Å². The van der Waals surface area contributed by atoms with Crippen molar-refractivity contribution in [3.63, 3.8) is 0 Å². The zero-order valence-corrected chi connectivity index (χ0v) is 12.5. The van der Waals surface area contributed by atoms with E-state index in [0.717, 1.165) is 11.6 Å². The van der Waals surface area contributed by atoms with Crippen LogP contribution in [0.5, 0.6) is 11.5 Å². The summed E-state index contributed by atoms with van der Waals surface area (Å²) in [5.74, 6) is -0.723. The van der Waals surface area contributed by atoms with Gasteiger partial charge in [-0.2, -0.15) is 0 Å². The Morgan fingerprint density at radius 2 is 1.45 bits per heavy atom. The maximum Gasteiger partial charge on any atom is 0.573 e. The van der Waals surface area contributed by atoms with Gasteiger partial charge in [0.1, 0.15) is 11.5 Å². The second kappa shape index (κ2) is 5.55. The fraction of sp³-hybridized carbons (Fsp3) is 0.294. The lowest BCUT2D eigenvalue weighted by Crippen LogP contribution is -2.17. The quantitative estimate of drug-likeness (QED) is 0.820. The van der Waals surface area contributed by atoms with Gasteiger partial charge in [-0.25, -0.2) is 0 Å². The molecule has 0 heterocycles. The lowest BCUT2D eigenvalue weighted by Gasteiger charge is -2.19. The molecule has 0 spiro atoms. The van der Waals surface area contributed by atoms with Gasteiger partial charge < -0.3 is 9.84 Å². The van der Waals surface area contributed by atoms with Gasteiger partial charge in [-0.1, -0.05) is 45.0 Å². The van der Waals surface area contributed by atoms with Crippen molar-refractivity contribution in [2.75, 3.05) is 0 Å². The summed E-state index contributed by atoms with van der Waals surface area (Å²) in [6, 6.07) is 11.0. The fourth-order valence-corrected chi connectivity index (χ4v) is 2.11. The summed E-state index contributed by atoms with van der Waals surface area (Å²) in [5, 5.41) is 9.59. The van der Waals surface area contributed by atoms with E-state index >= 15 is 0 Å². The van der Waals surface area contributed by atoms with Crippen LogP contribution >= 0.6 is 0 Å². The van der Waals surface area contributed by atoms with E-state index in [1.54, 1.807) is 0 Å². The molecule has 0 unspecified atom stereocenters. The van der Waals surface area contributed by atoms with Crippen molar-refractivity contribution in [2.24, 2.45) is 0 Å². The molecule has 5 heteroatoms. The number of benzene rings is 2. The lowest BCUT2D eigenvalue weighted by molar-refractivity contribution is -0.274. The van der Waals surface area contributed by atoms with E-state index < -0.39 is 12.1 Å². The minimum absolute atomic E-state index is 0.0120. The number of hydrogen-bond donors (Lipinski definition) is 1. The Kier molecular flexibility index (Phi) is 4.09. The highest BCUT2D eigenvalue weighted by molar-refractivity contribution is 5.67. The molecule has 0 atom stereocenters. The number of alkyl halides is 3. The van der Waals surface area contributed by atoms with Crippen molar-refractivity contribution < 1.29 is 23.0 Å². The van der Waals surface area contributed by atoms with Crippen molar-refractivity contribution in [1.29, 1.82) is 0 Å². The fourth-order valence-electron chi connectivity index (χ4n) is 2.11. The van der Waals surface area contributed by atoms with Crippen LogP contribution in [0.2, 0.25) is 0 Å². The molecule has 0 saturated carbocycles. The standard InChI is InChI=1S/C17H17F3O2/c1-16(2,3)13-6-4-11(5-7-13)12-8-14(21)10-15(9-12)22-17(18,19)20/h4-10,21H,1-3H3. The summed E-state index contributed by atoms with van der Waals surface area (Å²) in [5.41, 5.74) is 2.26. The molecule has 2 aromatic rings. The maximum absolute atomic E-state index is 12.3. The smallest absolute Gasteiger partial charge is 0.508 e. The summed E-state index contributed by atoms with van der Waals surface area (Å²) in [6.07, 6.45) is -4.79. The largest absolute Gasteiger partial charge is 0.573 e. The molecule has 0 bridgehead atoms. The van der Waals surface area contributed by atoms with E-state index in [0.29, 0.717) is 11.1 Å². The van der Waals surface area contributed by atoms with E-state index in [4.69, 9.17) is 0 Å². The normalized spacial score (nSPS) is 12.3. The first-order valence-corrected chi connectivity index (χ1v) is 6.75. The first-order valence-electron chi connectivity index (χ1n) is 6.75. The summed E-state index contributed by atoms with van der Waals surface area (Å²) in [6.45, 7) is 6.23. The van der Waals surface area contributed by atoms with Gasteiger partial charge in [-0.3, -0.25) is 0 Å². The second-order valence-electron chi connectivity index (χ2n) is 6.09. The summed E-state index contributed by atoms with van der Waals surface area (Å²) >= 11 is 0. The molecule has 0 fully saturated rings. The summed E-state index contributed by atoms with van der Waals surface area (Å²) < 4.78 is 40.7. The third kappa shape index (κ3) is 4.16. The Morgan fingerprint density at radius 1 is 0.864 bits per heavy atom. The van der Waals surface area contributed by atoms with Crippen molar-refractivity contribution in [3.05, 3.63) is 48.0 Å². The molecule has 2 rings (SSSR count). The van der Waals surface area contributed by atoms with Crippen LogP contribution < -0.4 is 4.74 Å². The number of ether oxygens (including phenoxy) is 1. The van der Waals surface area contributed by atoms with E-state index in [2.05, 4.69) is 25.5 Å². The highest BCUT2D eigenvalue weighted by atomic mass is 19.4. The van der Waals surface area contributed by atoms with Crippen LogP contribution in [0, 0.1) is 0 Å². The third-order valence-electron chi connectivity index (χ3n) is 3.21. The molecule has 118 valence electrons. The van der Waals surface area contributed by atoms with Crippen LogP contribution in [0.25, 0.3) is 11.1 Å².